The Hall–Kier alpha value is -1.31. The molecule has 1 heterocycles. The molecule has 110 valence electrons. The molecular formula is C13H17NO5S. The predicted octanol–water partition coefficient (Wildman–Crippen LogP) is 0.270. The highest BCUT2D eigenvalue weighted by Crippen LogP contribution is 2.55. The van der Waals surface area contributed by atoms with E-state index in [9.17, 15) is 8.42 Å². The molecule has 2 N–H and O–H groups in total. The molecule has 1 aliphatic heterocycles. The average molecular weight is 299 g/mol. The van der Waals surface area contributed by atoms with Crippen LogP contribution in [0.1, 0.15) is 11.5 Å². The highest BCUT2D eigenvalue weighted by Gasteiger charge is 2.68. The van der Waals surface area contributed by atoms with Crippen LogP contribution in [0, 0.1) is 0 Å². The van der Waals surface area contributed by atoms with Gasteiger partial charge in [-0.25, -0.2) is 8.42 Å². The molecule has 6 nitrogen and oxygen atoms in total. The Morgan fingerprint density at radius 3 is 2.75 bits per heavy atom. The summed E-state index contributed by atoms with van der Waals surface area (Å²) < 4.78 is 39.5. The Balaban J connectivity index is 1.97. The van der Waals surface area contributed by atoms with Crippen LogP contribution in [0.15, 0.2) is 18.2 Å². The number of fused-ring (bicyclic) bond motifs is 1. The molecular weight excluding hydrogens is 282 g/mol. The van der Waals surface area contributed by atoms with Crippen LogP contribution in [0.25, 0.3) is 0 Å². The van der Waals surface area contributed by atoms with Gasteiger partial charge in [0.15, 0.2) is 21.3 Å². The van der Waals surface area contributed by atoms with E-state index < -0.39 is 20.6 Å². The molecule has 1 aromatic carbocycles. The molecule has 1 aliphatic carbocycles. The van der Waals surface area contributed by atoms with Crippen LogP contribution in [-0.4, -0.2) is 46.0 Å². The molecule has 1 fully saturated rings. The van der Waals surface area contributed by atoms with Crippen molar-refractivity contribution in [1.82, 2.24) is 0 Å². The summed E-state index contributed by atoms with van der Waals surface area (Å²) in [5.41, 5.74) is 6.19. The normalized spacial score (nSPS) is 31.4. The quantitative estimate of drug-likeness (QED) is 0.858. The van der Waals surface area contributed by atoms with Gasteiger partial charge in [0.05, 0.1) is 17.4 Å². The minimum Gasteiger partial charge on any atom is -0.454 e. The lowest BCUT2D eigenvalue weighted by molar-refractivity contribution is 0.171. The number of benzene rings is 1. The van der Waals surface area contributed by atoms with E-state index in [1.165, 1.54) is 13.4 Å². The molecule has 3 atom stereocenters. The maximum Gasteiger partial charge on any atom is 0.231 e. The van der Waals surface area contributed by atoms with Gasteiger partial charge in [-0.2, -0.15) is 0 Å². The summed E-state index contributed by atoms with van der Waals surface area (Å²) in [5.74, 6) is 1.01. The summed E-state index contributed by atoms with van der Waals surface area (Å²) >= 11 is 0. The molecule has 0 unspecified atom stereocenters. The second kappa shape index (κ2) is 4.34. The van der Waals surface area contributed by atoms with Crippen molar-refractivity contribution in [3.63, 3.8) is 0 Å². The number of hydrogen-bond donors (Lipinski definition) is 1. The van der Waals surface area contributed by atoms with Gasteiger partial charge in [0.2, 0.25) is 6.79 Å². The zero-order valence-electron chi connectivity index (χ0n) is 11.3. The molecule has 0 amide bonds. The van der Waals surface area contributed by atoms with Crippen LogP contribution in [0.5, 0.6) is 11.5 Å². The second-order valence-corrected chi connectivity index (χ2v) is 7.55. The maximum absolute atomic E-state index is 11.9. The van der Waals surface area contributed by atoms with E-state index in [1.54, 1.807) is 12.1 Å². The number of nitrogens with two attached hydrogens (primary N) is 1. The van der Waals surface area contributed by atoms with E-state index in [4.69, 9.17) is 19.9 Å². The van der Waals surface area contributed by atoms with Gasteiger partial charge in [-0.1, -0.05) is 6.07 Å². The van der Waals surface area contributed by atoms with Gasteiger partial charge < -0.3 is 19.9 Å². The van der Waals surface area contributed by atoms with Gasteiger partial charge in [0.25, 0.3) is 0 Å². The number of rotatable bonds is 4. The lowest BCUT2D eigenvalue weighted by Gasteiger charge is -2.10. The monoisotopic (exact) mass is 299 g/mol. The SMILES string of the molecule is COC[C@]1(N)[C@@H](c2ccc3c(c2)OCO3)[C@@H]1S(C)(=O)=O. The van der Waals surface area contributed by atoms with Crippen molar-refractivity contribution in [3.8, 4) is 11.5 Å². The zero-order valence-corrected chi connectivity index (χ0v) is 12.1. The number of methoxy groups -OCH3 is 1. The molecule has 0 saturated heterocycles. The van der Waals surface area contributed by atoms with E-state index in [1.807, 2.05) is 6.07 Å². The molecule has 0 aromatic heterocycles. The molecule has 7 heteroatoms. The average Bonchev–Trinajstić information content (AvgIpc) is 2.77. The Bertz CT molecular complexity index is 644. The summed E-state index contributed by atoms with van der Waals surface area (Å²) in [4.78, 5) is 0. The van der Waals surface area contributed by atoms with Crippen LogP contribution in [0.2, 0.25) is 0 Å². The fourth-order valence-corrected chi connectivity index (χ4v) is 4.92. The smallest absolute Gasteiger partial charge is 0.231 e. The van der Waals surface area contributed by atoms with Gasteiger partial charge in [0.1, 0.15) is 0 Å². The second-order valence-electron chi connectivity index (χ2n) is 5.39. The molecule has 2 aliphatic rings. The fourth-order valence-electron chi connectivity index (χ4n) is 3.08. The van der Waals surface area contributed by atoms with Crippen molar-refractivity contribution in [3.05, 3.63) is 23.8 Å². The lowest BCUT2D eigenvalue weighted by Crippen LogP contribution is -2.35. The fraction of sp³-hybridized carbons (Fsp3) is 0.538. The highest BCUT2D eigenvalue weighted by atomic mass is 32.2. The van der Waals surface area contributed by atoms with E-state index in [2.05, 4.69) is 0 Å². The van der Waals surface area contributed by atoms with Crippen molar-refractivity contribution in [1.29, 1.82) is 0 Å². The molecule has 0 radical (unpaired) electrons. The zero-order chi connectivity index (χ0) is 14.5. The summed E-state index contributed by atoms with van der Waals surface area (Å²) in [6, 6.07) is 5.42. The first kappa shape index (κ1) is 13.7. The molecule has 1 aromatic rings. The van der Waals surface area contributed by atoms with Crippen molar-refractivity contribution in [2.24, 2.45) is 5.73 Å². The van der Waals surface area contributed by atoms with Crippen molar-refractivity contribution in [2.75, 3.05) is 26.8 Å². The minimum absolute atomic E-state index is 0.185. The van der Waals surface area contributed by atoms with E-state index in [0.717, 1.165) is 5.56 Å². The van der Waals surface area contributed by atoms with E-state index >= 15 is 0 Å². The summed E-state index contributed by atoms with van der Waals surface area (Å²) in [7, 11) is -1.73. The number of ether oxygens (including phenoxy) is 3. The third kappa shape index (κ3) is 1.97. The molecule has 3 rings (SSSR count). The van der Waals surface area contributed by atoms with Crippen LogP contribution in [-0.2, 0) is 14.6 Å². The predicted molar refractivity (Wildman–Crippen MR) is 72.7 cm³/mol. The highest BCUT2D eigenvalue weighted by molar-refractivity contribution is 7.91. The molecule has 0 spiro atoms. The van der Waals surface area contributed by atoms with E-state index in [-0.39, 0.29) is 19.3 Å². The Kier molecular flexibility index (Phi) is 2.97. The lowest BCUT2D eigenvalue weighted by atomic mass is 10.1. The number of sulfone groups is 1. The van der Waals surface area contributed by atoms with Gasteiger partial charge in [-0.15, -0.1) is 0 Å². The minimum atomic E-state index is -3.25. The first-order chi connectivity index (χ1) is 9.38. The first-order valence-corrected chi connectivity index (χ1v) is 8.19. The third-order valence-electron chi connectivity index (χ3n) is 3.91. The largest absolute Gasteiger partial charge is 0.454 e. The summed E-state index contributed by atoms with van der Waals surface area (Å²) in [6.45, 7) is 0.384. The standard InChI is InChI=1S/C13H17NO5S/c1-17-6-13(14)11(12(13)20(2,15)16)8-3-4-9-10(5-8)19-7-18-9/h3-5,11-12H,6-7,14H2,1-2H3/t11-,12-,13-/m0/s1. The third-order valence-corrected chi connectivity index (χ3v) is 5.55. The Morgan fingerprint density at radius 1 is 1.40 bits per heavy atom. The van der Waals surface area contributed by atoms with Gasteiger partial charge >= 0.3 is 0 Å². The molecule has 1 saturated carbocycles. The van der Waals surface area contributed by atoms with Crippen LogP contribution in [0.4, 0.5) is 0 Å². The maximum atomic E-state index is 11.9. The van der Waals surface area contributed by atoms with E-state index in [0.29, 0.717) is 11.5 Å². The first-order valence-electron chi connectivity index (χ1n) is 6.24. The Labute approximate surface area is 117 Å². The van der Waals surface area contributed by atoms with Gasteiger partial charge in [0, 0.05) is 19.3 Å². The van der Waals surface area contributed by atoms with Crippen LogP contribution >= 0.6 is 0 Å². The number of hydrogen-bond acceptors (Lipinski definition) is 6. The van der Waals surface area contributed by atoms with Crippen molar-refractivity contribution >= 4 is 9.84 Å². The molecule has 20 heavy (non-hydrogen) atoms. The van der Waals surface area contributed by atoms with Crippen LogP contribution < -0.4 is 15.2 Å². The summed E-state index contributed by atoms with van der Waals surface area (Å²) in [5, 5.41) is -0.629. The Morgan fingerprint density at radius 2 is 2.10 bits per heavy atom. The van der Waals surface area contributed by atoms with Gasteiger partial charge in [-0.05, 0) is 17.7 Å². The molecule has 0 bridgehead atoms. The van der Waals surface area contributed by atoms with Crippen molar-refractivity contribution < 1.29 is 22.6 Å². The van der Waals surface area contributed by atoms with Crippen molar-refractivity contribution in [2.45, 2.75) is 16.7 Å². The summed E-state index contributed by atoms with van der Waals surface area (Å²) in [6.07, 6.45) is 1.21. The van der Waals surface area contributed by atoms with Gasteiger partial charge in [-0.3, -0.25) is 0 Å². The topological polar surface area (TPSA) is 87.8 Å². The van der Waals surface area contributed by atoms with Crippen LogP contribution in [0.3, 0.4) is 0 Å².